The normalized spacial score (nSPS) is 15.5. The zero-order valence-electron chi connectivity index (χ0n) is 8.91. The van der Waals surface area contributed by atoms with E-state index in [1.165, 1.54) is 11.1 Å². The number of aryl methyl sites for hydroxylation is 1. The maximum Gasteiger partial charge on any atom is 0.155 e. The first kappa shape index (κ1) is 10.2. The summed E-state index contributed by atoms with van der Waals surface area (Å²) in [6.45, 7) is 0. The first-order valence-corrected chi connectivity index (χ1v) is 5.61. The number of hydrogen-bond acceptors (Lipinski definition) is 1. The van der Waals surface area contributed by atoms with E-state index in [0.717, 1.165) is 32.1 Å². The van der Waals surface area contributed by atoms with Crippen molar-refractivity contribution in [3.05, 3.63) is 47.5 Å². The fourth-order valence-corrected chi connectivity index (χ4v) is 2.02. The molecule has 0 saturated heterocycles. The third-order valence-electron chi connectivity index (χ3n) is 2.86. The summed E-state index contributed by atoms with van der Waals surface area (Å²) in [5, 5.41) is 0. The van der Waals surface area contributed by atoms with Crippen LogP contribution in [0.3, 0.4) is 0 Å². The summed E-state index contributed by atoms with van der Waals surface area (Å²) in [6, 6.07) is 10.5. The lowest BCUT2D eigenvalue weighted by atomic mass is 10.0. The number of ketones is 1. The molecule has 78 valence electrons. The van der Waals surface area contributed by atoms with Crippen molar-refractivity contribution in [2.45, 2.75) is 32.1 Å². The maximum atomic E-state index is 11.0. The van der Waals surface area contributed by atoms with Gasteiger partial charge in [0.05, 0.1) is 0 Å². The van der Waals surface area contributed by atoms with E-state index < -0.39 is 0 Å². The smallest absolute Gasteiger partial charge is 0.155 e. The predicted octanol–water partition coefficient (Wildman–Crippen LogP) is 3.30. The molecule has 0 spiro atoms. The highest BCUT2D eigenvalue weighted by atomic mass is 16.1. The van der Waals surface area contributed by atoms with Gasteiger partial charge in [0, 0.05) is 6.42 Å². The van der Waals surface area contributed by atoms with Crippen LogP contribution in [0.4, 0.5) is 0 Å². The summed E-state index contributed by atoms with van der Waals surface area (Å²) < 4.78 is 0. The van der Waals surface area contributed by atoms with Gasteiger partial charge in [0.15, 0.2) is 5.78 Å². The molecule has 2 rings (SSSR count). The topological polar surface area (TPSA) is 17.1 Å². The van der Waals surface area contributed by atoms with Crippen LogP contribution in [0.5, 0.6) is 0 Å². The molecular weight excluding hydrogens is 184 g/mol. The Morgan fingerprint density at radius 1 is 1.00 bits per heavy atom. The van der Waals surface area contributed by atoms with Gasteiger partial charge >= 0.3 is 0 Å². The Kier molecular flexibility index (Phi) is 3.33. The Balaban J connectivity index is 1.76. The molecule has 0 N–H and O–H groups in total. The van der Waals surface area contributed by atoms with Crippen molar-refractivity contribution >= 4 is 5.78 Å². The van der Waals surface area contributed by atoms with Crippen molar-refractivity contribution in [2.75, 3.05) is 0 Å². The van der Waals surface area contributed by atoms with E-state index in [-0.39, 0.29) is 0 Å². The average Bonchev–Trinajstić information content (AvgIpc) is 2.66. The fraction of sp³-hybridized carbons (Fsp3) is 0.357. The van der Waals surface area contributed by atoms with E-state index in [1.54, 1.807) is 0 Å². The van der Waals surface area contributed by atoms with Gasteiger partial charge in [0.1, 0.15) is 0 Å². The zero-order chi connectivity index (χ0) is 10.5. The molecule has 1 aromatic rings. The first-order valence-electron chi connectivity index (χ1n) is 5.61. The first-order chi connectivity index (χ1) is 7.34. The number of benzene rings is 1. The molecule has 0 aliphatic heterocycles. The average molecular weight is 200 g/mol. The minimum atomic E-state index is 0.310. The Bertz CT molecular complexity index is 362. The molecule has 0 unspecified atom stereocenters. The highest BCUT2D eigenvalue weighted by Crippen LogP contribution is 2.20. The van der Waals surface area contributed by atoms with E-state index in [1.807, 2.05) is 12.1 Å². The summed E-state index contributed by atoms with van der Waals surface area (Å²) in [6.07, 6.45) is 6.93. The van der Waals surface area contributed by atoms with Crippen LogP contribution in [0.2, 0.25) is 0 Å². The molecule has 0 fully saturated rings. The predicted molar refractivity (Wildman–Crippen MR) is 61.7 cm³/mol. The van der Waals surface area contributed by atoms with Gasteiger partial charge in [0.2, 0.25) is 0 Å². The van der Waals surface area contributed by atoms with E-state index in [0.29, 0.717) is 5.78 Å². The van der Waals surface area contributed by atoms with Crippen LogP contribution in [-0.2, 0) is 11.2 Å². The van der Waals surface area contributed by atoms with Gasteiger partial charge < -0.3 is 0 Å². The third kappa shape index (κ3) is 3.05. The van der Waals surface area contributed by atoms with E-state index >= 15 is 0 Å². The molecule has 1 nitrogen and oxygen atoms in total. The lowest BCUT2D eigenvalue weighted by Gasteiger charge is -2.01. The van der Waals surface area contributed by atoms with Crippen molar-refractivity contribution in [1.29, 1.82) is 0 Å². The van der Waals surface area contributed by atoms with Crippen LogP contribution in [0.25, 0.3) is 0 Å². The molecule has 0 radical (unpaired) electrons. The second-order valence-electron chi connectivity index (χ2n) is 4.11. The zero-order valence-corrected chi connectivity index (χ0v) is 8.91. The molecule has 0 bridgehead atoms. The highest BCUT2D eigenvalue weighted by Gasteiger charge is 2.10. The maximum absolute atomic E-state index is 11.0. The van der Waals surface area contributed by atoms with Gasteiger partial charge in [-0.15, -0.1) is 0 Å². The highest BCUT2D eigenvalue weighted by molar-refractivity contribution is 5.92. The molecule has 0 atom stereocenters. The van der Waals surface area contributed by atoms with Gasteiger partial charge in [-0.05, 0) is 37.3 Å². The molecule has 0 heterocycles. The Labute approximate surface area is 90.8 Å². The Hall–Kier alpha value is -1.37. The molecule has 1 aromatic carbocycles. The van der Waals surface area contributed by atoms with Crippen molar-refractivity contribution in [3.63, 3.8) is 0 Å². The van der Waals surface area contributed by atoms with Crippen molar-refractivity contribution in [1.82, 2.24) is 0 Å². The molecule has 1 aliphatic carbocycles. The summed E-state index contributed by atoms with van der Waals surface area (Å²) in [4.78, 5) is 11.0. The number of carbonyl (C=O) groups excluding carboxylic acids is 1. The largest absolute Gasteiger partial charge is 0.295 e. The standard InChI is InChI=1S/C14H16O/c15-14-10-9-13(11-14)8-4-7-12-5-2-1-3-6-12/h1-3,5-6,11H,4,7-10H2. The Morgan fingerprint density at radius 2 is 1.80 bits per heavy atom. The van der Waals surface area contributed by atoms with Gasteiger partial charge in [-0.3, -0.25) is 4.79 Å². The summed E-state index contributed by atoms with van der Waals surface area (Å²) in [5.74, 6) is 0.310. The van der Waals surface area contributed by atoms with Crippen LogP contribution in [0.15, 0.2) is 42.0 Å². The van der Waals surface area contributed by atoms with Gasteiger partial charge in [-0.1, -0.05) is 35.9 Å². The second-order valence-corrected chi connectivity index (χ2v) is 4.11. The van der Waals surface area contributed by atoms with Crippen molar-refractivity contribution < 1.29 is 4.79 Å². The van der Waals surface area contributed by atoms with Crippen LogP contribution in [-0.4, -0.2) is 5.78 Å². The van der Waals surface area contributed by atoms with E-state index in [2.05, 4.69) is 24.3 Å². The summed E-state index contributed by atoms with van der Waals surface area (Å²) in [7, 11) is 0. The molecule has 1 heteroatoms. The monoisotopic (exact) mass is 200 g/mol. The minimum absolute atomic E-state index is 0.310. The molecular formula is C14H16O. The van der Waals surface area contributed by atoms with E-state index in [9.17, 15) is 4.79 Å². The number of allylic oxidation sites excluding steroid dienone is 2. The minimum Gasteiger partial charge on any atom is -0.295 e. The SMILES string of the molecule is O=C1C=C(CCCc2ccccc2)CC1. The van der Waals surface area contributed by atoms with Gasteiger partial charge in [-0.2, -0.15) is 0 Å². The summed E-state index contributed by atoms with van der Waals surface area (Å²) >= 11 is 0. The number of hydrogen-bond donors (Lipinski definition) is 0. The number of rotatable bonds is 4. The van der Waals surface area contributed by atoms with Crippen LogP contribution in [0, 0.1) is 0 Å². The van der Waals surface area contributed by atoms with Crippen LogP contribution >= 0.6 is 0 Å². The lowest BCUT2D eigenvalue weighted by Crippen LogP contribution is -1.86. The molecule has 1 aliphatic rings. The van der Waals surface area contributed by atoms with Crippen LogP contribution < -0.4 is 0 Å². The van der Waals surface area contributed by atoms with Gasteiger partial charge in [-0.25, -0.2) is 0 Å². The molecule has 0 saturated carbocycles. The summed E-state index contributed by atoms with van der Waals surface area (Å²) in [5.41, 5.74) is 2.73. The van der Waals surface area contributed by atoms with E-state index in [4.69, 9.17) is 0 Å². The molecule has 0 amide bonds. The Morgan fingerprint density at radius 3 is 2.47 bits per heavy atom. The molecule has 0 aromatic heterocycles. The van der Waals surface area contributed by atoms with Crippen molar-refractivity contribution in [2.24, 2.45) is 0 Å². The molecule has 15 heavy (non-hydrogen) atoms. The quantitative estimate of drug-likeness (QED) is 0.728. The lowest BCUT2D eigenvalue weighted by molar-refractivity contribution is -0.114. The fourth-order valence-electron chi connectivity index (χ4n) is 2.02. The van der Waals surface area contributed by atoms with Gasteiger partial charge in [0.25, 0.3) is 0 Å². The number of carbonyl (C=O) groups is 1. The second kappa shape index (κ2) is 4.92. The van der Waals surface area contributed by atoms with Crippen LogP contribution in [0.1, 0.15) is 31.2 Å². The third-order valence-corrected chi connectivity index (χ3v) is 2.86. The van der Waals surface area contributed by atoms with Crippen molar-refractivity contribution in [3.8, 4) is 0 Å².